The van der Waals surface area contributed by atoms with Crippen molar-refractivity contribution < 1.29 is 9.90 Å². The molecule has 0 bridgehead atoms. The van der Waals surface area contributed by atoms with E-state index in [1.807, 2.05) is 19.9 Å². The third-order valence-electron chi connectivity index (χ3n) is 3.32. The molecule has 0 saturated carbocycles. The minimum absolute atomic E-state index is 0.0254. The zero-order chi connectivity index (χ0) is 16.3. The number of aromatic hydroxyl groups is 1. The molecule has 1 amide bonds. The number of hydrogen-bond donors (Lipinski definition) is 2. The molecule has 2 rings (SSSR count). The van der Waals surface area contributed by atoms with Gasteiger partial charge in [0.2, 0.25) is 0 Å². The standard InChI is InChI=1S/C16H16N4O2/c1-10-15(11(2)20(3)19-10)7-12(9-17)16(22)18-13-5-4-6-14(21)8-13/h4-8,21H,1-3H3,(H,18,22). The van der Waals surface area contributed by atoms with Gasteiger partial charge in [0, 0.05) is 30.1 Å². The van der Waals surface area contributed by atoms with Crippen LogP contribution in [0.2, 0.25) is 0 Å². The van der Waals surface area contributed by atoms with Gasteiger partial charge in [0.25, 0.3) is 5.91 Å². The number of aryl methyl sites for hydroxylation is 2. The maximum atomic E-state index is 12.2. The largest absolute Gasteiger partial charge is 0.508 e. The molecule has 22 heavy (non-hydrogen) atoms. The topological polar surface area (TPSA) is 90.9 Å². The van der Waals surface area contributed by atoms with Crippen LogP contribution < -0.4 is 5.32 Å². The van der Waals surface area contributed by atoms with Gasteiger partial charge < -0.3 is 10.4 Å². The Hall–Kier alpha value is -3.07. The van der Waals surface area contributed by atoms with Crippen molar-refractivity contribution in [1.29, 1.82) is 5.26 Å². The van der Waals surface area contributed by atoms with Crippen LogP contribution in [0, 0.1) is 25.2 Å². The van der Waals surface area contributed by atoms with Crippen LogP contribution in [-0.4, -0.2) is 20.8 Å². The third kappa shape index (κ3) is 3.15. The molecule has 112 valence electrons. The number of amides is 1. The summed E-state index contributed by atoms with van der Waals surface area (Å²) < 4.78 is 1.70. The number of phenolic OH excluding ortho intramolecular Hbond substituents is 1. The average molecular weight is 296 g/mol. The highest BCUT2D eigenvalue weighted by Crippen LogP contribution is 2.19. The molecule has 0 saturated heterocycles. The third-order valence-corrected chi connectivity index (χ3v) is 3.32. The van der Waals surface area contributed by atoms with Gasteiger partial charge in [-0.3, -0.25) is 9.48 Å². The molecule has 0 radical (unpaired) electrons. The van der Waals surface area contributed by atoms with E-state index in [2.05, 4.69) is 10.4 Å². The lowest BCUT2D eigenvalue weighted by Gasteiger charge is -2.04. The minimum Gasteiger partial charge on any atom is -0.508 e. The molecule has 0 fully saturated rings. The number of hydrogen-bond acceptors (Lipinski definition) is 4. The molecule has 0 atom stereocenters. The predicted molar refractivity (Wildman–Crippen MR) is 83.0 cm³/mol. The summed E-state index contributed by atoms with van der Waals surface area (Å²) in [6.07, 6.45) is 1.52. The Labute approximate surface area is 128 Å². The zero-order valence-corrected chi connectivity index (χ0v) is 12.6. The maximum Gasteiger partial charge on any atom is 0.266 e. The van der Waals surface area contributed by atoms with Gasteiger partial charge in [-0.15, -0.1) is 0 Å². The monoisotopic (exact) mass is 296 g/mol. The smallest absolute Gasteiger partial charge is 0.266 e. The molecule has 0 aliphatic rings. The van der Waals surface area contributed by atoms with Gasteiger partial charge in [-0.25, -0.2) is 0 Å². The number of nitrogens with one attached hydrogen (secondary N) is 1. The molecule has 0 aliphatic heterocycles. The lowest BCUT2D eigenvalue weighted by molar-refractivity contribution is -0.112. The van der Waals surface area contributed by atoms with E-state index in [1.54, 1.807) is 23.9 Å². The molecule has 6 nitrogen and oxygen atoms in total. The Morgan fingerprint density at radius 3 is 2.73 bits per heavy atom. The van der Waals surface area contributed by atoms with Crippen LogP contribution in [-0.2, 0) is 11.8 Å². The van der Waals surface area contributed by atoms with Crippen LogP contribution in [0.15, 0.2) is 29.8 Å². The second kappa shape index (κ2) is 6.14. The van der Waals surface area contributed by atoms with E-state index < -0.39 is 5.91 Å². The number of phenols is 1. The lowest BCUT2D eigenvalue weighted by Crippen LogP contribution is -2.13. The summed E-state index contributed by atoms with van der Waals surface area (Å²) in [4.78, 5) is 12.2. The van der Waals surface area contributed by atoms with Crippen molar-refractivity contribution in [3.8, 4) is 11.8 Å². The Balaban J connectivity index is 2.30. The highest BCUT2D eigenvalue weighted by Gasteiger charge is 2.13. The van der Waals surface area contributed by atoms with E-state index >= 15 is 0 Å². The molecule has 2 aromatic rings. The normalized spacial score (nSPS) is 11.1. The van der Waals surface area contributed by atoms with Crippen LogP contribution in [0.4, 0.5) is 5.69 Å². The van der Waals surface area contributed by atoms with Crippen molar-refractivity contribution >= 4 is 17.7 Å². The fraction of sp³-hybridized carbons (Fsp3) is 0.188. The Morgan fingerprint density at radius 1 is 1.45 bits per heavy atom. The molecule has 0 unspecified atom stereocenters. The van der Waals surface area contributed by atoms with Crippen molar-refractivity contribution in [1.82, 2.24) is 9.78 Å². The number of carbonyl (C=O) groups excluding carboxylic acids is 1. The first-order valence-electron chi connectivity index (χ1n) is 6.64. The van der Waals surface area contributed by atoms with Crippen LogP contribution in [0.3, 0.4) is 0 Å². The Bertz CT molecular complexity index is 797. The maximum absolute atomic E-state index is 12.2. The van der Waals surface area contributed by atoms with Crippen LogP contribution in [0.25, 0.3) is 6.08 Å². The Kier molecular flexibility index (Phi) is 4.28. The second-order valence-electron chi connectivity index (χ2n) is 4.88. The molecular formula is C16H16N4O2. The fourth-order valence-corrected chi connectivity index (χ4v) is 2.07. The Morgan fingerprint density at radius 2 is 2.18 bits per heavy atom. The number of aromatic nitrogens is 2. The number of nitrogens with zero attached hydrogens (tertiary/aromatic N) is 3. The van der Waals surface area contributed by atoms with Gasteiger partial charge in [0.05, 0.1) is 5.69 Å². The van der Waals surface area contributed by atoms with E-state index in [9.17, 15) is 15.2 Å². The van der Waals surface area contributed by atoms with Crippen molar-refractivity contribution in [3.05, 3.63) is 46.8 Å². The van der Waals surface area contributed by atoms with Gasteiger partial charge in [-0.1, -0.05) is 6.07 Å². The molecule has 0 spiro atoms. The van der Waals surface area contributed by atoms with Crippen LogP contribution in [0.5, 0.6) is 5.75 Å². The highest BCUT2D eigenvalue weighted by atomic mass is 16.3. The summed E-state index contributed by atoms with van der Waals surface area (Å²) in [5, 5.41) is 25.4. The van der Waals surface area contributed by atoms with Crippen molar-refractivity contribution in [3.63, 3.8) is 0 Å². The summed E-state index contributed by atoms with van der Waals surface area (Å²) in [6.45, 7) is 3.69. The number of anilines is 1. The van der Waals surface area contributed by atoms with E-state index in [1.165, 1.54) is 18.2 Å². The fourth-order valence-electron chi connectivity index (χ4n) is 2.07. The van der Waals surface area contributed by atoms with Crippen molar-refractivity contribution in [2.75, 3.05) is 5.32 Å². The summed E-state index contributed by atoms with van der Waals surface area (Å²) in [7, 11) is 1.80. The van der Waals surface area contributed by atoms with E-state index in [4.69, 9.17) is 0 Å². The predicted octanol–water partition coefficient (Wildman–Crippen LogP) is 2.29. The zero-order valence-electron chi connectivity index (χ0n) is 12.6. The first-order chi connectivity index (χ1) is 10.4. The molecule has 6 heteroatoms. The number of nitriles is 1. The molecular weight excluding hydrogens is 280 g/mol. The minimum atomic E-state index is -0.532. The van der Waals surface area contributed by atoms with Gasteiger partial charge in [-0.05, 0) is 32.1 Å². The molecule has 2 N–H and O–H groups in total. The molecule has 0 aliphatic carbocycles. The van der Waals surface area contributed by atoms with Gasteiger partial charge in [0.15, 0.2) is 0 Å². The summed E-state index contributed by atoms with van der Waals surface area (Å²) in [6, 6.07) is 8.05. The van der Waals surface area contributed by atoms with E-state index in [0.717, 1.165) is 17.0 Å². The molecule has 1 heterocycles. The average Bonchev–Trinajstić information content (AvgIpc) is 2.70. The molecule has 1 aromatic heterocycles. The first-order valence-corrected chi connectivity index (χ1v) is 6.64. The van der Waals surface area contributed by atoms with Crippen molar-refractivity contribution in [2.45, 2.75) is 13.8 Å². The first kappa shape index (κ1) is 15.3. The van der Waals surface area contributed by atoms with Crippen LogP contribution >= 0.6 is 0 Å². The van der Waals surface area contributed by atoms with Crippen molar-refractivity contribution in [2.24, 2.45) is 7.05 Å². The SMILES string of the molecule is Cc1nn(C)c(C)c1C=C(C#N)C(=O)Nc1cccc(O)c1. The quantitative estimate of drug-likeness (QED) is 0.671. The van der Waals surface area contributed by atoms with E-state index in [0.29, 0.717) is 5.69 Å². The van der Waals surface area contributed by atoms with E-state index in [-0.39, 0.29) is 11.3 Å². The summed E-state index contributed by atoms with van der Waals surface area (Å²) >= 11 is 0. The van der Waals surface area contributed by atoms with Gasteiger partial charge >= 0.3 is 0 Å². The number of carbonyl (C=O) groups is 1. The second-order valence-corrected chi connectivity index (χ2v) is 4.88. The molecule has 1 aromatic carbocycles. The number of benzene rings is 1. The lowest BCUT2D eigenvalue weighted by atomic mass is 10.1. The van der Waals surface area contributed by atoms with Crippen LogP contribution in [0.1, 0.15) is 17.0 Å². The number of rotatable bonds is 3. The van der Waals surface area contributed by atoms with Gasteiger partial charge in [0.1, 0.15) is 17.4 Å². The highest BCUT2D eigenvalue weighted by molar-refractivity contribution is 6.09. The van der Waals surface area contributed by atoms with Gasteiger partial charge in [-0.2, -0.15) is 10.4 Å². The summed E-state index contributed by atoms with van der Waals surface area (Å²) in [5.41, 5.74) is 2.77. The summed E-state index contributed by atoms with van der Waals surface area (Å²) in [5.74, 6) is -0.491.